The number of hydrogen-bond donors (Lipinski definition) is 2. The first kappa shape index (κ1) is 26.4. The van der Waals surface area contributed by atoms with E-state index in [2.05, 4.69) is 39.5 Å². The Hall–Kier alpha value is -3.68. The molecule has 0 unspecified atom stereocenters. The Labute approximate surface area is 218 Å². The van der Waals surface area contributed by atoms with Crippen LogP contribution in [0.2, 0.25) is 0 Å². The molecule has 4 rings (SSSR count). The van der Waals surface area contributed by atoms with Gasteiger partial charge in [-0.05, 0) is 62.8 Å². The van der Waals surface area contributed by atoms with Crippen LogP contribution in [0.3, 0.4) is 0 Å². The zero-order chi connectivity index (χ0) is 26.2. The Balaban J connectivity index is 1.47. The van der Waals surface area contributed by atoms with Crippen LogP contribution in [-0.2, 0) is 0 Å². The fraction of sp³-hybridized carbons (Fsp3) is 0.448. The molecule has 0 bridgehead atoms. The number of carbonyl (C=O) groups is 2. The van der Waals surface area contributed by atoms with Gasteiger partial charge in [-0.3, -0.25) is 14.6 Å². The maximum Gasteiger partial charge on any atom is 0.290 e. The molecule has 196 valence electrons. The third-order valence-corrected chi connectivity index (χ3v) is 6.82. The van der Waals surface area contributed by atoms with E-state index in [0.29, 0.717) is 16.9 Å². The van der Waals surface area contributed by atoms with Crippen molar-refractivity contribution in [3.05, 3.63) is 59.6 Å². The molecular weight excluding hydrogens is 466 g/mol. The second-order valence-electron chi connectivity index (χ2n) is 9.79. The van der Waals surface area contributed by atoms with Crippen molar-refractivity contribution in [1.82, 2.24) is 15.5 Å². The highest BCUT2D eigenvalue weighted by atomic mass is 16.5. The standard InChI is InChI=1S/C29H37N5O3/c1-4-9-22(10-5-2)31-29(36)27-17-26(33-37-27)25-16-23(12-11-20(25)3)32-28(35)21-15-24(19-30-18-21)34-13-7-6-8-14-34/h11-12,15-19,22H,4-10,13-14H2,1-3H3,(H,31,36)(H,32,35). The van der Waals surface area contributed by atoms with Gasteiger partial charge in [0.25, 0.3) is 11.8 Å². The molecule has 0 atom stereocenters. The van der Waals surface area contributed by atoms with E-state index >= 15 is 0 Å². The molecular formula is C29H37N5O3. The second kappa shape index (κ2) is 12.5. The summed E-state index contributed by atoms with van der Waals surface area (Å²) in [4.78, 5) is 32.3. The van der Waals surface area contributed by atoms with Crippen LogP contribution in [0, 0.1) is 6.92 Å². The average molecular weight is 504 g/mol. The number of aryl methyl sites for hydroxylation is 1. The Kier molecular flexibility index (Phi) is 8.93. The molecule has 2 amide bonds. The molecule has 1 saturated heterocycles. The predicted octanol–water partition coefficient (Wildman–Crippen LogP) is 5.99. The van der Waals surface area contributed by atoms with Crippen LogP contribution in [-0.4, -0.2) is 41.1 Å². The van der Waals surface area contributed by atoms with Crippen molar-refractivity contribution in [2.24, 2.45) is 0 Å². The normalized spacial score (nSPS) is 13.6. The summed E-state index contributed by atoms with van der Waals surface area (Å²) in [6, 6.07) is 9.30. The molecule has 1 aromatic carbocycles. The van der Waals surface area contributed by atoms with Crippen molar-refractivity contribution in [3.63, 3.8) is 0 Å². The first-order valence-corrected chi connectivity index (χ1v) is 13.4. The average Bonchev–Trinajstić information content (AvgIpc) is 3.41. The smallest absolute Gasteiger partial charge is 0.290 e. The van der Waals surface area contributed by atoms with Gasteiger partial charge in [0.2, 0.25) is 5.76 Å². The summed E-state index contributed by atoms with van der Waals surface area (Å²) < 4.78 is 5.39. The molecule has 0 aliphatic carbocycles. The molecule has 3 heterocycles. The highest BCUT2D eigenvalue weighted by Crippen LogP contribution is 2.27. The molecule has 2 aromatic heterocycles. The zero-order valence-electron chi connectivity index (χ0n) is 22.0. The second-order valence-corrected chi connectivity index (χ2v) is 9.79. The number of hydrogen-bond acceptors (Lipinski definition) is 6. The molecule has 0 spiro atoms. The number of benzene rings is 1. The van der Waals surface area contributed by atoms with Crippen LogP contribution in [0.1, 0.15) is 85.3 Å². The molecule has 0 saturated carbocycles. The van der Waals surface area contributed by atoms with E-state index < -0.39 is 0 Å². The van der Waals surface area contributed by atoms with E-state index in [-0.39, 0.29) is 23.6 Å². The Bertz CT molecular complexity index is 1210. The van der Waals surface area contributed by atoms with Crippen LogP contribution in [0.25, 0.3) is 11.3 Å². The number of carbonyl (C=O) groups excluding carboxylic acids is 2. The van der Waals surface area contributed by atoms with Crippen LogP contribution in [0.4, 0.5) is 11.4 Å². The first-order valence-electron chi connectivity index (χ1n) is 13.4. The molecule has 37 heavy (non-hydrogen) atoms. The summed E-state index contributed by atoms with van der Waals surface area (Å²) in [5.74, 6) is -0.297. The van der Waals surface area contributed by atoms with E-state index in [0.717, 1.165) is 68.4 Å². The monoisotopic (exact) mass is 503 g/mol. The van der Waals surface area contributed by atoms with Crippen molar-refractivity contribution in [2.45, 2.75) is 71.8 Å². The number of anilines is 2. The van der Waals surface area contributed by atoms with Gasteiger partial charge in [-0.15, -0.1) is 0 Å². The fourth-order valence-electron chi connectivity index (χ4n) is 4.81. The van der Waals surface area contributed by atoms with Gasteiger partial charge >= 0.3 is 0 Å². The third kappa shape index (κ3) is 6.76. The highest BCUT2D eigenvalue weighted by molar-refractivity contribution is 6.05. The van der Waals surface area contributed by atoms with Gasteiger partial charge < -0.3 is 20.1 Å². The largest absolute Gasteiger partial charge is 0.370 e. The van der Waals surface area contributed by atoms with E-state index in [1.165, 1.54) is 6.42 Å². The first-order chi connectivity index (χ1) is 18.0. The van der Waals surface area contributed by atoms with Gasteiger partial charge in [0.1, 0.15) is 5.69 Å². The number of nitrogens with one attached hydrogen (secondary N) is 2. The van der Waals surface area contributed by atoms with Crippen LogP contribution >= 0.6 is 0 Å². The van der Waals surface area contributed by atoms with Crippen LogP contribution < -0.4 is 15.5 Å². The lowest BCUT2D eigenvalue weighted by atomic mass is 10.0. The summed E-state index contributed by atoms with van der Waals surface area (Å²) in [6.07, 6.45) is 10.8. The maximum absolute atomic E-state index is 13.0. The predicted molar refractivity (Wildman–Crippen MR) is 146 cm³/mol. The van der Waals surface area contributed by atoms with Crippen molar-refractivity contribution in [1.29, 1.82) is 0 Å². The van der Waals surface area contributed by atoms with E-state index in [4.69, 9.17) is 4.52 Å². The van der Waals surface area contributed by atoms with Gasteiger partial charge in [-0.25, -0.2) is 0 Å². The number of rotatable bonds is 10. The molecule has 1 fully saturated rings. The van der Waals surface area contributed by atoms with Crippen LogP contribution in [0.15, 0.2) is 47.2 Å². The molecule has 3 aromatic rings. The van der Waals surface area contributed by atoms with E-state index in [1.807, 2.05) is 37.4 Å². The maximum atomic E-state index is 13.0. The Morgan fingerprint density at radius 2 is 1.76 bits per heavy atom. The SMILES string of the molecule is CCCC(CCC)NC(=O)c1cc(-c2cc(NC(=O)c3cncc(N4CCCCC4)c3)ccc2C)no1. The zero-order valence-corrected chi connectivity index (χ0v) is 22.0. The number of piperidine rings is 1. The minimum atomic E-state index is -0.256. The summed E-state index contributed by atoms with van der Waals surface area (Å²) in [5.41, 5.74) is 4.43. The topological polar surface area (TPSA) is 100 Å². The van der Waals surface area contributed by atoms with Crippen molar-refractivity contribution >= 4 is 23.2 Å². The van der Waals surface area contributed by atoms with Gasteiger partial charge in [0, 0.05) is 42.6 Å². The fourth-order valence-corrected chi connectivity index (χ4v) is 4.81. The molecule has 8 nitrogen and oxygen atoms in total. The van der Waals surface area contributed by atoms with E-state index in [9.17, 15) is 9.59 Å². The lowest BCUT2D eigenvalue weighted by Crippen LogP contribution is -2.34. The van der Waals surface area contributed by atoms with Crippen molar-refractivity contribution in [2.75, 3.05) is 23.3 Å². The van der Waals surface area contributed by atoms with Crippen molar-refractivity contribution in [3.8, 4) is 11.3 Å². The lowest BCUT2D eigenvalue weighted by molar-refractivity contribution is 0.0894. The summed E-state index contributed by atoms with van der Waals surface area (Å²) in [6.45, 7) is 8.16. The molecule has 0 radical (unpaired) electrons. The highest BCUT2D eigenvalue weighted by Gasteiger charge is 2.19. The minimum Gasteiger partial charge on any atom is -0.370 e. The molecule has 1 aliphatic rings. The quantitative estimate of drug-likeness (QED) is 0.353. The Morgan fingerprint density at radius 1 is 1.00 bits per heavy atom. The van der Waals surface area contributed by atoms with Gasteiger partial charge in [0.15, 0.2) is 0 Å². The summed E-state index contributed by atoms with van der Waals surface area (Å²) in [5, 5.41) is 10.2. The minimum absolute atomic E-state index is 0.124. The third-order valence-electron chi connectivity index (χ3n) is 6.82. The summed E-state index contributed by atoms with van der Waals surface area (Å²) >= 11 is 0. The summed E-state index contributed by atoms with van der Waals surface area (Å²) in [7, 11) is 0. The molecule has 1 aliphatic heterocycles. The lowest BCUT2D eigenvalue weighted by Gasteiger charge is -2.28. The van der Waals surface area contributed by atoms with Gasteiger partial charge in [-0.2, -0.15) is 0 Å². The number of aromatic nitrogens is 2. The molecule has 8 heteroatoms. The van der Waals surface area contributed by atoms with E-state index in [1.54, 1.807) is 12.3 Å². The van der Waals surface area contributed by atoms with Gasteiger partial charge in [0.05, 0.1) is 17.4 Å². The number of pyridine rings is 1. The number of nitrogens with zero attached hydrogens (tertiary/aromatic N) is 3. The Morgan fingerprint density at radius 3 is 2.49 bits per heavy atom. The molecule has 2 N–H and O–H groups in total. The number of amides is 2. The van der Waals surface area contributed by atoms with Crippen molar-refractivity contribution < 1.29 is 14.1 Å². The van der Waals surface area contributed by atoms with Crippen LogP contribution in [0.5, 0.6) is 0 Å². The van der Waals surface area contributed by atoms with Gasteiger partial charge in [-0.1, -0.05) is 37.9 Å².